The van der Waals surface area contributed by atoms with E-state index in [0.717, 1.165) is 11.8 Å². The summed E-state index contributed by atoms with van der Waals surface area (Å²) in [4.78, 5) is 27.9. The van der Waals surface area contributed by atoms with Gasteiger partial charge in [-0.1, -0.05) is 36.4 Å². The molecule has 1 amide bonds. The van der Waals surface area contributed by atoms with Gasteiger partial charge in [0.1, 0.15) is 5.57 Å². The number of ether oxygens (including phenoxy) is 1. The fourth-order valence-electron chi connectivity index (χ4n) is 5.22. The van der Waals surface area contributed by atoms with Crippen LogP contribution in [0, 0.1) is 0 Å². The van der Waals surface area contributed by atoms with Crippen LogP contribution >= 0.6 is 11.6 Å². The third kappa shape index (κ3) is 5.45. The Morgan fingerprint density at radius 2 is 2.02 bits per heavy atom. The normalized spacial score (nSPS) is 19.3. The third-order valence-corrected chi connectivity index (χ3v) is 8.69. The topological polar surface area (TPSA) is 119 Å². The Balaban J connectivity index is 1.48. The van der Waals surface area contributed by atoms with Gasteiger partial charge < -0.3 is 14.7 Å². The van der Waals surface area contributed by atoms with E-state index in [1.807, 2.05) is 0 Å². The van der Waals surface area contributed by atoms with E-state index in [9.17, 15) is 23.1 Å². The standard InChI is InChI=1S/C30H28ClN3O6S/c1-4-20-14-23(21-7-5-8-22(13-21)41(3,38)39)25(31)15-24(20)27-28(36)30(40-29(27)37)11-6-12-34(18-30)26(35)10-9-19-16-32-33(2)17-19/h4-5,7-10,13-17,36H,1,6,11-12,18H2,2-3H3/b10-9-. The summed E-state index contributed by atoms with van der Waals surface area (Å²) in [6.45, 7) is 4.30. The number of aliphatic hydroxyl groups excluding tert-OH is 1. The molecule has 1 fully saturated rings. The highest BCUT2D eigenvalue weighted by Crippen LogP contribution is 2.44. The van der Waals surface area contributed by atoms with Crippen LogP contribution in [0.3, 0.4) is 0 Å². The molecule has 0 saturated carbocycles. The lowest BCUT2D eigenvalue weighted by atomic mass is 9.87. The van der Waals surface area contributed by atoms with E-state index in [1.54, 1.807) is 53.3 Å². The highest BCUT2D eigenvalue weighted by atomic mass is 35.5. The number of benzene rings is 2. The van der Waals surface area contributed by atoms with Gasteiger partial charge in [0.05, 0.1) is 17.6 Å². The summed E-state index contributed by atoms with van der Waals surface area (Å²) in [5, 5.41) is 15.8. The molecule has 11 heteroatoms. The predicted octanol–water partition coefficient (Wildman–Crippen LogP) is 4.69. The van der Waals surface area contributed by atoms with Crippen molar-refractivity contribution >= 4 is 51.0 Å². The summed E-state index contributed by atoms with van der Waals surface area (Å²) in [6.07, 6.45) is 10.0. The average molecular weight is 594 g/mol. The van der Waals surface area contributed by atoms with E-state index in [4.69, 9.17) is 16.3 Å². The lowest BCUT2D eigenvalue weighted by Gasteiger charge is -2.38. The number of sulfone groups is 1. The Morgan fingerprint density at radius 1 is 1.24 bits per heavy atom. The Bertz CT molecular complexity index is 1760. The third-order valence-electron chi connectivity index (χ3n) is 7.27. The zero-order valence-corrected chi connectivity index (χ0v) is 24.1. The van der Waals surface area contributed by atoms with Crippen LogP contribution in [0.25, 0.3) is 28.9 Å². The second kappa shape index (κ2) is 10.7. The number of amides is 1. The smallest absolute Gasteiger partial charge is 0.343 e. The van der Waals surface area contributed by atoms with Gasteiger partial charge >= 0.3 is 5.97 Å². The SMILES string of the molecule is C=Cc1cc(-c2cccc(S(C)(=O)=O)c2)c(Cl)cc1C1=C(O)C2(CCCN(C(=O)/C=C\c3cnn(C)c3)C2)OC1=O. The number of aromatic nitrogens is 2. The van der Waals surface area contributed by atoms with E-state index < -0.39 is 21.4 Å². The summed E-state index contributed by atoms with van der Waals surface area (Å²) < 4.78 is 31.6. The minimum atomic E-state index is -3.44. The lowest BCUT2D eigenvalue weighted by molar-refractivity contribution is -0.155. The van der Waals surface area contributed by atoms with Crippen molar-refractivity contribution in [1.29, 1.82) is 0 Å². The molecule has 1 unspecified atom stereocenters. The number of likely N-dealkylation sites (tertiary alicyclic amines) is 1. The van der Waals surface area contributed by atoms with Gasteiger partial charge in [0.15, 0.2) is 21.2 Å². The number of aliphatic hydroxyl groups is 1. The molecule has 2 aromatic carbocycles. The molecule has 1 aromatic heterocycles. The summed E-state index contributed by atoms with van der Waals surface area (Å²) in [5.41, 5.74) is 1.27. The molecule has 0 aliphatic carbocycles. The highest BCUT2D eigenvalue weighted by Gasteiger charge is 2.51. The molecule has 3 aromatic rings. The van der Waals surface area contributed by atoms with Crippen LogP contribution in [-0.4, -0.2) is 65.0 Å². The van der Waals surface area contributed by atoms with Crippen LogP contribution in [0.4, 0.5) is 0 Å². The van der Waals surface area contributed by atoms with Crippen LogP contribution in [0.15, 0.2) is 72.1 Å². The first-order valence-corrected chi connectivity index (χ1v) is 15.1. The number of carbonyl (C=O) groups is 2. The van der Waals surface area contributed by atoms with Crippen LogP contribution in [0.2, 0.25) is 5.02 Å². The summed E-state index contributed by atoms with van der Waals surface area (Å²) in [6, 6.07) is 9.60. The van der Waals surface area contributed by atoms with Crippen molar-refractivity contribution in [2.24, 2.45) is 7.05 Å². The van der Waals surface area contributed by atoms with E-state index >= 15 is 0 Å². The number of rotatable bonds is 6. The summed E-state index contributed by atoms with van der Waals surface area (Å²) in [7, 11) is -1.66. The van der Waals surface area contributed by atoms with Gasteiger partial charge in [0, 0.05) is 53.8 Å². The zero-order valence-electron chi connectivity index (χ0n) is 22.5. The predicted molar refractivity (Wildman–Crippen MR) is 157 cm³/mol. The Labute approximate surface area is 242 Å². The first-order valence-electron chi connectivity index (χ1n) is 12.8. The fraction of sp³-hybridized carbons (Fsp3) is 0.233. The molecule has 1 spiro atoms. The van der Waals surface area contributed by atoms with Crippen molar-refractivity contribution in [3.05, 3.63) is 88.9 Å². The number of nitrogens with zero attached hydrogens (tertiary/aromatic N) is 3. The van der Waals surface area contributed by atoms with Gasteiger partial charge in [-0.05, 0) is 54.3 Å². The molecule has 1 N–H and O–H groups in total. The maximum absolute atomic E-state index is 13.2. The largest absolute Gasteiger partial charge is 0.507 e. The van der Waals surface area contributed by atoms with Crippen molar-refractivity contribution < 1.29 is 27.9 Å². The van der Waals surface area contributed by atoms with Gasteiger partial charge in [-0.15, -0.1) is 0 Å². The number of piperidine rings is 1. The molecule has 1 atom stereocenters. The molecule has 9 nitrogen and oxygen atoms in total. The molecule has 5 rings (SSSR count). The van der Waals surface area contributed by atoms with E-state index in [-0.39, 0.29) is 33.7 Å². The number of esters is 1. The van der Waals surface area contributed by atoms with Crippen molar-refractivity contribution in [1.82, 2.24) is 14.7 Å². The molecule has 3 heterocycles. The molecule has 212 valence electrons. The maximum Gasteiger partial charge on any atom is 0.343 e. The van der Waals surface area contributed by atoms with Crippen LogP contribution in [0.5, 0.6) is 0 Å². The minimum absolute atomic E-state index is 0.00217. The quantitative estimate of drug-likeness (QED) is 0.325. The average Bonchev–Trinajstić information content (AvgIpc) is 3.45. The lowest BCUT2D eigenvalue weighted by Crippen LogP contribution is -2.51. The van der Waals surface area contributed by atoms with E-state index in [0.29, 0.717) is 41.6 Å². The first-order chi connectivity index (χ1) is 19.4. The Morgan fingerprint density at radius 3 is 2.71 bits per heavy atom. The maximum atomic E-state index is 13.2. The zero-order chi connectivity index (χ0) is 29.5. The van der Waals surface area contributed by atoms with Crippen molar-refractivity contribution in [2.75, 3.05) is 19.3 Å². The first kappa shape index (κ1) is 28.4. The molecular weight excluding hydrogens is 566 g/mol. The Kier molecular flexibility index (Phi) is 7.39. The Hall–Kier alpha value is -4.15. The number of halogens is 1. The van der Waals surface area contributed by atoms with Crippen molar-refractivity contribution in [3.63, 3.8) is 0 Å². The van der Waals surface area contributed by atoms with E-state index in [2.05, 4.69) is 11.7 Å². The molecule has 41 heavy (non-hydrogen) atoms. The molecule has 1 saturated heterocycles. The highest BCUT2D eigenvalue weighted by molar-refractivity contribution is 7.90. The molecule has 0 bridgehead atoms. The van der Waals surface area contributed by atoms with Crippen molar-refractivity contribution in [2.45, 2.75) is 23.3 Å². The van der Waals surface area contributed by atoms with Gasteiger partial charge in [-0.3, -0.25) is 9.48 Å². The van der Waals surface area contributed by atoms with Gasteiger partial charge in [-0.2, -0.15) is 5.10 Å². The molecular formula is C30H28ClN3O6S. The monoisotopic (exact) mass is 593 g/mol. The number of carbonyl (C=O) groups excluding carboxylic acids is 2. The molecule has 2 aliphatic rings. The van der Waals surface area contributed by atoms with E-state index in [1.165, 1.54) is 30.4 Å². The number of hydrogen-bond acceptors (Lipinski definition) is 7. The minimum Gasteiger partial charge on any atom is -0.507 e. The van der Waals surface area contributed by atoms with Gasteiger partial charge in [-0.25, -0.2) is 13.2 Å². The molecule has 2 aliphatic heterocycles. The molecule has 0 radical (unpaired) electrons. The van der Waals surface area contributed by atoms with Crippen LogP contribution in [0.1, 0.15) is 29.5 Å². The van der Waals surface area contributed by atoms with Gasteiger partial charge in [0.2, 0.25) is 5.91 Å². The number of hydrogen-bond donors (Lipinski definition) is 1. The summed E-state index contributed by atoms with van der Waals surface area (Å²) in [5.74, 6) is -1.27. The van der Waals surface area contributed by atoms with Crippen LogP contribution in [-0.2, 0) is 31.2 Å². The van der Waals surface area contributed by atoms with Crippen molar-refractivity contribution in [3.8, 4) is 11.1 Å². The summed E-state index contributed by atoms with van der Waals surface area (Å²) >= 11 is 6.66. The number of aryl methyl sites for hydroxylation is 1. The second-order valence-electron chi connectivity index (χ2n) is 10.2. The van der Waals surface area contributed by atoms with Gasteiger partial charge in [0.25, 0.3) is 0 Å². The van der Waals surface area contributed by atoms with Crippen LogP contribution < -0.4 is 0 Å². The fourth-order valence-corrected chi connectivity index (χ4v) is 6.16. The second-order valence-corrected chi connectivity index (χ2v) is 12.6.